The van der Waals surface area contributed by atoms with Crippen molar-refractivity contribution in [3.05, 3.63) is 71.3 Å². The molecule has 0 aromatic heterocycles. The lowest BCUT2D eigenvalue weighted by atomic mass is 9.82. The summed E-state index contributed by atoms with van der Waals surface area (Å²) >= 11 is 0. The first kappa shape index (κ1) is 16.8. The SMILES string of the molecule is Cc1cccc(C(=O)N2CCC3(CC2)C[C@@H](c2ccccc2)C(=O)N3)c1. The Balaban J connectivity index is 1.43. The highest BCUT2D eigenvalue weighted by Crippen LogP contribution is 2.39. The predicted octanol–water partition coefficient (Wildman–Crippen LogP) is 3.27. The first-order valence-electron chi connectivity index (χ1n) is 9.29. The van der Waals surface area contributed by atoms with Gasteiger partial charge in [-0.25, -0.2) is 0 Å². The van der Waals surface area contributed by atoms with Crippen LogP contribution in [0.15, 0.2) is 54.6 Å². The molecule has 2 aromatic rings. The topological polar surface area (TPSA) is 49.4 Å². The van der Waals surface area contributed by atoms with Gasteiger partial charge in [-0.2, -0.15) is 0 Å². The number of hydrogen-bond donors (Lipinski definition) is 1. The number of aryl methyl sites for hydroxylation is 1. The fraction of sp³-hybridized carbons (Fsp3) is 0.364. The van der Waals surface area contributed by atoms with Crippen LogP contribution in [-0.2, 0) is 4.79 Å². The molecule has 26 heavy (non-hydrogen) atoms. The van der Waals surface area contributed by atoms with E-state index < -0.39 is 0 Å². The monoisotopic (exact) mass is 348 g/mol. The number of benzene rings is 2. The van der Waals surface area contributed by atoms with Crippen molar-refractivity contribution >= 4 is 11.8 Å². The van der Waals surface area contributed by atoms with Gasteiger partial charge in [0.2, 0.25) is 5.91 Å². The van der Waals surface area contributed by atoms with Gasteiger partial charge in [0.15, 0.2) is 0 Å². The maximum atomic E-state index is 12.7. The number of hydrogen-bond acceptors (Lipinski definition) is 2. The number of carbonyl (C=O) groups is 2. The molecule has 2 heterocycles. The Bertz CT molecular complexity index is 823. The predicted molar refractivity (Wildman–Crippen MR) is 101 cm³/mol. The highest BCUT2D eigenvalue weighted by molar-refractivity contribution is 5.94. The van der Waals surface area contributed by atoms with Crippen molar-refractivity contribution in [2.75, 3.05) is 13.1 Å². The lowest BCUT2D eigenvalue weighted by molar-refractivity contribution is -0.121. The smallest absolute Gasteiger partial charge is 0.253 e. The average molecular weight is 348 g/mol. The summed E-state index contributed by atoms with van der Waals surface area (Å²) < 4.78 is 0. The second-order valence-corrected chi connectivity index (χ2v) is 7.60. The van der Waals surface area contributed by atoms with Crippen LogP contribution in [0.25, 0.3) is 0 Å². The molecule has 4 heteroatoms. The van der Waals surface area contributed by atoms with E-state index >= 15 is 0 Å². The molecule has 0 radical (unpaired) electrons. The van der Waals surface area contributed by atoms with E-state index in [1.165, 1.54) is 0 Å². The number of amides is 2. The van der Waals surface area contributed by atoms with Crippen LogP contribution in [-0.4, -0.2) is 35.3 Å². The molecule has 134 valence electrons. The minimum Gasteiger partial charge on any atom is -0.350 e. The summed E-state index contributed by atoms with van der Waals surface area (Å²) in [4.78, 5) is 27.2. The summed E-state index contributed by atoms with van der Waals surface area (Å²) in [5.41, 5.74) is 2.76. The molecule has 0 unspecified atom stereocenters. The molecule has 1 spiro atoms. The number of nitrogens with zero attached hydrogens (tertiary/aromatic N) is 1. The van der Waals surface area contributed by atoms with E-state index in [0.717, 1.165) is 36.0 Å². The van der Waals surface area contributed by atoms with Crippen LogP contribution in [0, 0.1) is 6.92 Å². The molecule has 2 aliphatic rings. The van der Waals surface area contributed by atoms with Gasteiger partial charge >= 0.3 is 0 Å². The molecule has 4 rings (SSSR count). The minimum atomic E-state index is -0.166. The lowest BCUT2D eigenvalue weighted by Gasteiger charge is -2.39. The van der Waals surface area contributed by atoms with Crippen LogP contribution in [0.2, 0.25) is 0 Å². The van der Waals surface area contributed by atoms with Gasteiger partial charge in [-0.3, -0.25) is 9.59 Å². The Labute approximate surface area is 154 Å². The molecule has 0 bridgehead atoms. The fourth-order valence-electron chi connectivity index (χ4n) is 4.27. The van der Waals surface area contributed by atoms with E-state index in [0.29, 0.717) is 13.1 Å². The number of rotatable bonds is 2. The maximum absolute atomic E-state index is 12.7. The summed E-state index contributed by atoms with van der Waals surface area (Å²) in [6, 6.07) is 17.7. The van der Waals surface area contributed by atoms with E-state index in [9.17, 15) is 9.59 Å². The quantitative estimate of drug-likeness (QED) is 0.905. The highest BCUT2D eigenvalue weighted by atomic mass is 16.2. The van der Waals surface area contributed by atoms with Crippen molar-refractivity contribution in [1.82, 2.24) is 10.2 Å². The van der Waals surface area contributed by atoms with Crippen molar-refractivity contribution < 1.29 is 9.59 Å². The number of nitrogens with one attached hydrogen (secondary N) is 1. The third-order valence-electron chi connectivity index (χ3n) is 5.77. The molecule has 1 atom stereocenters. The van der Waals surface area contributed by atoms with Gasteiger partial charge in [0.05, 0.1) is 5.92 Å². The largest absolute Gasteiger partial charge is 0.350 e. The van der Waals surface area contributed by atoms with Crippen molar-refractivity contribution in [3.63, 3.8) is 0 Å². The maximum Gasteiger partial charge on any atom is 0.253 e. The summed E-state index contributed by atoms with van der Waals surface area (Å²) in [5.74, 6) is 0.136. The minimum absolute atomic E-state index is 0.0739. The van der Waals surface area contributed by atoms with Crippen LogP contribution in [0.1, 0.15) is 46.7 Å². The van der Waals surface area contributed by atoms with Gasteiger partial charge in [-0.05, 0) is 43.9 Å². The lowest BCUT2D eigenvalue weighted by Crippen LogP contribution is -2.52. The van der Waals surface area contributed by atoms with Crippen molar-refractivity contribution in [2.45, 2.75) is 37.6 Å². The zero-order chi connectivity index (χ0) is 18.1. The molecule has 0 saturated carbocycles. The average Bonchev–Trinajstić information content (AvgIpc) is 2.98. The Morgan fingerprint density at radius 3 is 2.50 bits per heavy atom. The van der Waals surface area contributed by atoms with E-state index in [-0.39, 0.29) is 23.3 Å². The summed E-state index contributed by atoms with van der Waals surface area (Å²) in [6.45, 7) is 3.38. The van der Waals surface area contributed by atoms with Crippen molar-refractivity contribution in [2.24, 2.45) is 0 Å². The summed E-state index contributed by atoms with van der Waals surface area (Å²) in [6.07, 6.45) is 2.46. The molecule has 2 amide bonds. The van der Waals surface area contributed by atoms with E-state index in [4.69, 9.17) is 0 Å². The summed E-state index contributed by atoms with van der Waals surface area (Å²) in [7, 11) is 0. The van der Waals surface area contributed by atoms with Crippen LogP contribution in [0.3, 0.4) is 0 Å². The van der Waals surface area contributed by atoms with E-state index in [1.807, 2.05) is 66.4 Å². The summed E-state index contributed by atoms with van der Waals surface area (Å²) in [5, 5.41) is 3.25. The Kier molecular flexibility index (Phi) is 4.27. The molecular weight excluding hydrogens is 324 g/mol. The Morgan fingerprint density at radius 1 is 1.08 bits per heavy atom. The molecule has 0 aliphatic carbocycles. The molecule has 2 saturated heterocycles. The third-order valence-corrected chi connectivity index (χ3v) is 5.77. The van der Waals surface area contributed by atoms with Gasteiger partial charge in [-0.15, -0.1) is 0 Å². The van der Waals surface area contributed by atoms with E-state index in [2.05, 4.69) is 5.32 Å². The molecule has 2 aromatic carbocycles. The molecular formula is C22H24N2O2. The van der Waals surface area contributed by atoms with Crippen LogP contribution in [0.5, 0.6) is 0 Å². The fourth-order valence-corrected chi connectivity index (χ4v) is 4.27. The van der Waals surface area contributed by atoms with Crippen molar-refractivity contribution in [1.29, 1.82) is 0 Å². The number of likely N-dealkylation sites (tertiary alicyclic amines) is 1. The molecule has 4 nitrogen and oxygen atoms in total. The highest BCUT2D eigenvalue weighted by Gasteiger charge is 2.46. The molecule has 1 N–H and O–H groups in total. The number of carbonyl (C=O) groups excluding carboxylic acids is 2. The van der Waals surface area contributed by atoms with Crippen LogP contribution < -0.4 is 5.32 Å². The first-order valence-corrected chi connectivity index (χ1v) is 9.29. The van der Waals surface area contributed by atoms with Gasteiger partial charge < -0.3 is 10.2 Å². The third kappa shape index (κ3) is 3.12. The van der Waals surface area contributed by atoms with Crippen LogP contribution >= 0.6 is 0 Å². The van der Waals surface area contributed by atoms with Gasteiger partial charge in [0.25, 0.3) is 5.91 Å². The second-order valence-electron chi connectivity index (χ2n) is 7.60. The normalized spacial score (nSPS) is 21.7. The zero-order valence-electron chi connectivity index (χ0n) is 15.1. The second kappa shape index (κ2) is 6.60. The Morgan fingerprint density at radius 2 is 1.81 bits per heavy atom. The molecule has 2 fully saturated rings. The van der Waals surface area contributed by atoms with Crippen molar-refractivity contribution in [3.8, 4) is 0 Å². The van der Waals surface area contributed by atoms with Gasteiger partial charge in [0, 0.05) is 24.2 Å². The first-order chi connectivity index (χ1) is 12.6. The molecule has 2 aliphatic heterocycles. The van der Waals surface area contributed by atoms with Gasteiger partial charge in [-0.1, -0.05) is 48.0 Å². The van der Waals surface area contributed by atoms with Gasteiger partial charge in [0.1, 0.15) is 0 Å². The van der Waals surface area contributed by atoms with E-state index in [1.54, 1.807) is 0 Å². The Hall–Kier alpha value is -2.62. The standard InChI is InChI=1S/C22H24N2O2/c1-16-6-5-9-18(14-16)21(26)24-12-10-22(11-13-24)15-19(20(25)23-22)17-7-3-2-4-8-17/h2-9,14,19H,10-13,15H2,1H3,(H,23,25)/t19-/m0/s1. The number of piperidine rings is 1. The zero-order valence-corrected chi connectivity index (χ0v) is 15.1. The van der Waals surface area contributed by atoms with Crippen LogP contribution in [0.4, 0.5) is 0 Å².